The van der Waals surface area contributed by atoms with E-state index in [1.165, 1.54) is 0 Å². The molecular weight excluding hydrogens is 290 g/mol. The van der Waals surface area contributed by atoms with Crippen molar-refractivity contribution in [3.8, 4) is 12.3 Å². The molecule has 0 radical (unpaired) electrons. The van der Waals surface area contributed by atoms with E-state index < -0.39 is 5.66 Å². The third-order valence-corrected chi connectivity index (χ3v) is 4.18. The Kier molecular flexibility index (Phi) is 4.11. The summed E-state index contributed by atoms with van der Waals surface area (Å²) in [6, 6.07) is 3.92. The summed E-state index contributed by atoms with van der Waals surface area (Å²) in [5.41, 5.74) is 1.52. The van der Waals surface area contributed by atoms with Crippen LogP contribution in [0.5, 0.6) is 0 Å². The van der Waals surface area contributed by atoms with Crippen molar-refractivity contribution in [2.45, 2.75) is 37.9 Å². The van der Waals surface area contributed by atoms with E-state index in [2.05, 4.69) is 26.1 Å². The standard InChI is InChI=1S/C17H19N5O/c1-3-4-8-17(20-21-17)9-5-15(23)22(2)12-13-6-10-18-16-14(13)7-11-19-16/h1,6-7,10-11H,4-5,8-9,12H2,2H3,(H,18,19). The van der Waals surface area contributed by atoms with Crippen LogP contribution in [0.25, 0.3) is 11.0 Å². The molecule has 23 heavy (non-hydrogen) atoms. The third kappa shape index (κ3) is 3.39. The first-order valence-corrected chi connectivity index (χ1v) is 7.66. The molecule has 118 valence electrons. The molecule has 0 unspecified atom stereocenters. The molecule has 0 fully saturated rings. The van der Waals surface area contributed by atoms with Crippen LogP contribution in [0.4, 0.5) is 0 Å². The minimum Gasteiger partial charge on any atom is -0.346 e. The maximum Gasteiger partial charge on any atom is 0.222 e. The highest BCUT2D eigenvalue weighted by molar-refractivity contribution is 5.80. The van der Waals surface area contributed by atoms with Crippen LogP contribution < -0.4 is 0 Å². The number of aromatic amines is 1. The summed E-state index contributed by atoms with van der Waals surface area (Å²) in [6.45, 7) is 0.557. The summed E-state index contributed by atoms with van der Waals surface area (Å²) >= 11 is 0. The minimum atomic E-state index is -0.395. The predicted molar refractivity (Wildman–Crippen MR) is 87.5 cm³/mol. The number of terminal acetylenes is 1. The number of aromatic nitrogens is 2. The van der Waals surface area contributed by atoms with Crippen LogP contribution in [-0.4, -0.2) is 33.5 Å². The Balaban J connectivity index is 1.56. The van der Waals surface area contributed by atoms with Crippen LogP contribution in [0, 0.1) is 12.3 Å². The molecule has 0 spiro atoms. The number of nitrogens with one attached hydrogen (secondary N) is 1. The second-order valence-corrected chi connectivity index (χ2v) is 5.85. The summed E-state index contributed by atoms with van der Waals surface area (Å²) < 4.78 is 0. The summed E-state index contributed by atoms with van der Waals surface area (Å²) in [7, 11) is 1.82. The molecule has 3 heterocycles. The zero-order valence-corrected chi connectivity index (χ0v) is 13.1. The highest BCUT2D eigenvalue weighted by Gasteiger charge is 2.39. The highest BCUT2D eigenvalue weighted by Crippen LogP contribution is 2.37. The van der Waals surface area contributed by atoms with Gasteiger partial charge in [-0.1, -0.05) is 0 Å². The first-order valence-electron chi connectivity index (χ1n) is 7.66. The molecule has 0 saturated heterocycles. The zero-order valence-electron chi connectivity index (χ0n) is 13.1. The smallest absolute Gasteiger partial charge is 0.222 e. The third-order valence-electron chi connectivity index (χ3n) is 4.18. The molecule has 0 bridgehead atoms. The number of amides is 1. The lowest BCUT2D eigenvalue weighted by atomic mass is 10.0. The fourth-order valence-electron chi connectivity index (χ4n) is 2.67. The lowest BCUT2D eigenvalue weighted by Gasteiger charge is -2.18. The van der Waals surface area contributed by atoms with Crippen molar-refractivity contribution < 1.29 is 4.79 Å². The summed E-state index contributed by atoms with van der Waals surface area (Å²) in [5, 5.41) is 9.18. The van der Waals surface area contributed by atoms with Gasteiger partial charge in [0.15, 0.2) is 5.66 Å². The van der Waals surface area contributed by atoms with Crippen molar-refractivity contribution in [1.29, 1.82) is 0 Å². The number of rotatable bonds is 7. The van der Waals surface area contributed by atoms with Crippen molar-refractivity contribution in [1.82, 2.24) is 14.9 Å². The Hall–Kier alpha value is -2.68. The number of hydrogen-bond acceptors (Lipinski definition) is 4. The van der Waals surface area contributed by atoms with Crippen molar-refractivity contribution in [2.24, 2.45) is 10.2 Å². The molecule has 0 atom stereocenters. The Bertz CT molecular complexity index is 780. The van der Waals surface area contributed by atoms with Crippen LogP contribution >= 0.6 is 0 Å². The average Bonchev–Trinajstić information content (AvgIpc) is 3.16. The Morgan fingerprint density at radius 3 is 2.96 bits per heavy atom. The van der Waals surface area contributed by atoms with Crippen LogP contribution in [0.1, 0.15) is 31.2 Å². The lowest BCUT2D eigenvalue weighted by molar-refractivity contribution is -0.130. The van der Waals surface area contributed by atoms with E-state index in [1.54, 1.807) is 11.1 Å². The second kappa shape index (κ2) is 6.21. The second-order valence-electron chi connectivity index (χ2n) is 5.85. The number of fused-ring (bicyclic) bond motifs is 1. The number of pyridine rings is 1. The maximum atomic E-state index is 12.3. The molecule has 2 aromatic rings. The normalized spacial score (nSPS) is 14.6. The minimum absolute atomic E-state index is 0.0860. The van der Waals surface area contributed by atoms with E-state index in [1.807, 2.05) is 25.4 Å². The molecule has 2 aromatic heterocycles. The molecular formula is C17H19N5O. The van der Waals surface area contributed by atoms with Crippen molar-refractivity contribution in [3.05, 3.63) is 30.1 Å². The number of hydrogen-bond donors (Lipinski definition) is 1. The van der Waals surface area contributed by atoms with Gasteiger partial charge in [0, 0.05) is 57.1 Å². The van der Waals surface area contributed by atoms with E-state index in [0.717, 1.165) is 23.0 Å². The van der Waals surface area contributed by atoms with E-state index in [4.69, 9.17) is 6.42 Å². The van der Waals surface area contributed by atoms with Gasteiger partial charge in [0.25, 0.3) is 0 Å². The van der Waals surface area contributed by atoms with Gasteiger partial charge in [0.1, 0.15) is 5.65 Å². The van der Waals surface area contributed by atoms with Gasteiger partial charge >= 0.3 is 0 Å². The largest absolute Gasteiger partial charge is 0.346 e. The highest BCUT2D eigenvalue weighted by atomic mass is 16.2. The van der Waals surface area contributed by atoms with Gasteiger partial charge in [0.2, 0.25) is 5.91 Å². The fourth-order valence-corrected chi connectivity index (χ4v) is 2.67. The Labute approximate surface area is 135 Å². The summed E-state index contributed by atoms with van der Waals surface area (Å²) in [5.74, 6) is 2.68. The van der Waals surface area contributed by atoms with E-state index in [9.17, 15) is 4.79 Å². The summed E-state index contributed by atoms with van der Waals surface area (Å²) in [6.07, 6.45) is 11.3. The van der Waals surface area contributed by atoms with Gasteiger partial charge in [-0.25, -0.2) is 4.98 Å². The topological polar surface area (TPSA) is 73.7 Å². The quantitative estimate of drug-likeness (QED) is 0.799. The van der Waals surface area contributed by atoms with E-state index in [-0.39, 0.29) is 5.91 Å². The van der Waals surface area contributed by atoms with Gasteiger partial charge in [-0.15, -0.1) is 12.3 Å². The van der Waals surface area contributed by atoms with Gasteiger partial charge in [-0.3, -0.25) is 4.79 Å². The molecule has 0 aliphatic carbocycles. The van der Waals surface area contributed by atoms with Crippen molar-refractivity contribution >= 4 is 16.9 Å². The zero-order chi connectivity index (χ0) is 16.3. The van der Waals surface area contributed by atoms with Gasteiger partial charge in [-0.2, -0.15) is 10.2 Å². The predicted octanol–water partition coefficient (Wildman–Crippen LogP) is 2.88. The van der Waals surface area contributed by atoms with E-state index >= 15 is 0 Å². The fraction of sp³-hybridized carbons (Fsp3) is 0.412. The molecule has 0 aromatic carbocycles. The number of carbonyl (C=O) groups excluding carboxylic acids is 1. The van der Waals surface area contributed by atoms with Gasteiger partial charge < -0.3 is 9.88 Å². The molecule has 6 heteroatoms. The Morgan fingerprint density at radius 1 is 1.39 bits per heavy atom. The Morgan fingerprint density at radius 2 is 2.22 bits per heavy atom. The maximum absolute atomic E-state index is 12.3. The first-order chi connectivity index (χ1) is 11.1. The van der Waals surface area contributed by atoms with E-state index in [0.29, 0.717) is 25.8 Å². The first kappa shape index (κ1) is 15.2. The number of nitrogens with zero attached hydrogens (tertiary/aromatic N) is 4. The lowest BCUT2D eigenvalue weighted by Crippen LogP contribution is -2.27. The molecule has 1 aliphatic rings. The molecule has 6 nitrogen and oxygen atoms in total. The average molecular weight is 309 g/mol. The monoisotopic (exact) mass is 309 g/mol. The molecule has 1 N–H and O–H groups in total. The van der Waals surface area contributed by atoms with Crippen LogP contribution in [0.15, 0.2) is 34.8 Å². The van der Waals surface area contributed by atoms with Gasteiger partial charge in [0.05, 0.1) is 0 Å². The van der Waals surface area contributed by atoms with Gasteiger partial charge in [-0.05, 0) is 17.7 Å². The SMILES string of the molecule is C#CCCC1(CCC(=O)N(C)Cc2ccnc3[nH]ccc23)N=N1. The number of carbonyl (C=O) groups is 1. The molecule has 1 amide bonds. The van der Waals surface area contributed by atoms with Crippen molar-refractivity contribution in [2.75, 3.05) is 7.05 Å². The summed E-state index contributed by atoms with van der Waals surface area (Å²) in [4.78, 5) is 21.4. The van der Waals surface area contributed by atoms with Crippen LogP contribution in [-0.2, 0) is 11.3 Å². The van der Waals surface area contributed by atoms with Crippen LogP contribution in [0.2, 0.25) is 0 Å². The molecule has 0 saturated carbocycles. The molecule has 1 aliphatic heterocycles. The molecule has 3 rings (SSSR count). The van der Waals surface area contributed by atoms with Crippen molar-refractivity contribution in [3.63, 3.8) is 0 Å². The van der Waals surface area contributed by atoms with Crippen LogP contribution in [0.3, 0.4) is 0 Å². The number of H-pyrrole nitrogens is 1.